The van der Waals surface area contributed by atoms with Gasteiger partial charge in [-0.25, -0.2) is 4.39 Å². The highest BCUT2D eigenvalue weighted by atomic mass is 19.1. The van der Waals surface area contributed by atoms with Crippen molar-refractivity contribution >= 4 is 46.0 Å². The van der Waals surface area contributed by atoms with Crippen LogP contribution in [0.15, 0.2) is 54.7 Å². The molecule has 16 heteroatoms. The number of rotatable bonds is 9. The molecule has 5 aliphatic rings. The van der Waals surface area contributed by atoms with Crippen LogP contribution in [0.3, 0.4) is 0 Å². The second-order valence-corrected chi connectivity index (χ2v) is 16.5. The van der Waals surface area contributed by atoms with Crippen LogP contribution in [0.2, 0.25) is 0 Å². The minimum atomic E-state index is -0.732. The fourth-order valence-corrected chi connectivity index (χ4v) is 9.42. The van der Waals surface area contributed by atoms with Gasteiger partial charge < -0.3 is 24.8 Å². The molecule has 1 saturated carbocycles. The van der Waals surface area contributed by atoms with Crippen molar-refractivity contribution in [3.63, 3.8) is 0 Å². The third-order valence-electron chi connectivity index (χ3n) is 12.8. The fourth-order valence-electron chi connectivity index (χ4n) is 9.42. The number of pyridine rings is 1. The van der Waals surface area contributed by atoms with Crippen molar-refractivity contribution in [3.8, 4) is 11.8 Å². The van der Waals surface area contributed by atoms with Gasteiger partial charge in [-0.2, -0.15) is 5.26 Å². The average molecular weight is 815 g/mol. The summed E-state index contributed by atoms with van der Waals surface area (Å²) in [4.78, 5) is 62.8. The molecule has 2 aromatic carbocycles. The van der Waals surface area contributed by atoms with Gasteiger partial charge in [0.25, 0.3) is 11.8 Å². The molecule has 2 aromatic heterocycles. The summed E-state index contributed by atoms with van der Waals surface area (Å²) in [7, 11) is 0. The first kappa shape index (κ1) is 39.3. The molecule has 0 spiro atoms. The van der Waals surface area contributed by atoms with Gasteiger partial charge in [0, 0.05) is 82.0 Å². The van der Waals surface area contributed by atoms with Gasteiger partial charge in [-0.3, -0.25) is 34.4 Å². The highest BCUT2D eigenvalue weighted by Gasteiger charge is 2.40. The number of nitriles is 1. The van der Waals surface area contributed by atoms with Crippen LogP contribution >= 0.6 is 0 Å². The van der Waals surface area contributed by atoms with Crippen LogP contribution in [-0.2, 0) is 16.1 Å². The number of piperazine rings is 1. The van der Waals surface area contributed by atoms with Crippen molar-refractivity contribution in [3.05, 3.63) is 82.9 Å². The van der Waals surface area contributed by atoms with Crippen LogP contribution in [0.5, 0.6) is 5.75 Å². The van der Waals surface area contributed by atoms with E-state index in [4.69, 9.17) is 4.74 Å². The van der Waals surface area contributed by atoms with Crippen LogP contribution < -0.4 is 25.2 Å². The molecule has 0 unspecified atom stereocenters. The van der Waals surface area contributed by atoms with E-state index in [2.05, 4.69) is 41.7 Å². The zero-order valence-electron chi connectivity index (χ0n) is 33.3. The van der Waals surface area contributed by atoms with Crippen molar-refractivity contribution in [2.45, 2.75) is 76.1 Å². The second-order valence-electron chi connectivity index (χ2n) is 16.5. The van der Waals surface area contributed by atoms with E-state index < -0.39 is 17.8 Å². The lowest BCUT2D eigenvalue weighted by molar-refractivity contribution is -0.136. The Balaban J connectivity index is 0.702. The molecule has 9 rings (SSSR count). The lowest BCUT2D eigenvalue weighted by Crippen LogP contribution is -2.52. The maximum absolute atomic E-state index is 15.4. The van der Waals surface area contributed by atoms with E-state index in [0.29, 0.717) is 47.0 Å². The standard InChI is InChI=1S/C44H47FN10O5/c45-34-23-33-29(26-55(44(33)59)36-9-12-40(56)49-43(36)58)22-37(34)53-20-18-52(19-21-53)25-27-13-16-54(17-14-27)39-11-8-35(50-51-39)42(57)48-30-4-6-31(7-5-30)60-38-10-3-28(24-46)41-32(38)2-1-15-47-41/h1-3,8,10-11,15,22-23,27,30-31,36H,4-7,9,12-14,16-21,25-26H2,(H,48,57)(H,49,56,58)/t30?,31?,36-/m0/s1. The number of carbonyl (C=O) groups is 4. The quantitative estimate of drug-likeness (QED) is 0.233. The fraction of sp³-hybridized carbons (Fsp3) is 0.455. The number of carbonyl (C=O) groups excluding carboxylic acids is 4. The Labute approximate surface area is 346 Å². The summed E-state index contributed by atoms with van der Waals surface area (Å²) >= 11 is 0. The van der Waals surface area contributed by atoms with Crippen molar-refractivity contribution in [1.29, 1.82) is 5.26 Å². The summed E-state index contributed by atoms with van der Waals surface area (Å²) in [5, 5.41) is 24.4. The molecule has 0 radical (unpaired) electrons. The Bertz CT molecular complexity index is 2350. The summed E-state index contributed by atoms with van der Waals surface area (Å²) in [6.07, 6.45) is 7.28. The predicted molar refractivity (Wildman–Crippen MR) is 219 cm³/mol. The van der Waals surface area contributed by atoms with Gasteiger partial charge in [0.05, 0.1) is 22.9 Å². The predicted octanol–water partition coefficient (Wildman–Crippen LogP) is 3.96. The number of hydrogen-bond donors (Lipinski definition) is 2. The van der Waals surface area contributed by atoms with Gasteiger partial charge in [-0.05, 0) is 105 Å². The van der Waals surface area contributed by atoms with Crippen molar-refractivity contribution in [1.82, 2.24) is 35.6 Å². The van der Waals surface area contributed by atoms with Gasteiger partial charge in [0.15, 0.2) is 11.5 Å². The molecule has 15 nitrogen and oxygen atoms in total. The van der Waals surface area contributed by atoms with Crippen molar-refractivity contribution in [2.24, 2.45) is 5.92 Å². The first-order valence-corrected chi connectivity index (χ1v) is 21.0. The molecule has 310 valence electrons. The number of amides is 4. The first-order valence-electron chi connectivity index (χ1n) is 21.0. The van der Waals surface area contributed by atoms with E-state index in [-0.39, 0.29) is 54.8 Å². The average Bonchev–Trinajstić information content (AvgIpc) is 3.58. The van der Waals surface area contributed by atoms with Crippen LogP contribution in [0.4, 0.5) is 15.9 Å². The number of aromatic nitrogens is 3. The Kier molecular flexibility index (Phi) is 11.0. The van der Waals surface area contributed by atoms with E-state index in [9.17, 15) is 24.4 Å². The maximum atomic E-state index is 15.4. The van der Waals surface area contributed by atoms with Crippen LogP contribution in [-0.4, -0.2) is 113 Å². The number of nitrogens with zero attached hydrogens (tertiary/aromatic N) is 8. The summed E-state index contributed by atoms with van der Waals surface area (Å²) in [6.45, 7) is 5.81. The topological polar surface area (TPSA) is 177 Å². The lowest BCUT2D eigenvalue weighted by Gasteiger charge is -2.40. The van der Waals surface area contributed by atoms with E-state index in [1.165, 1.54) is 11.0 Å². The number of ether oxygens (including phenoxy) is 1. The molecule has 4 fully saturated rings. The summed E-state index contributed by atoms with van der Waals surface area (Å²) in [6, 6.07) is 15.5. The van der Waals surface area contributed by atoms with Gasteiger partial charge >= 0.3 is 0 Å². The number of benzene rings is 2. The molecular weight excluding hydrogens is 768 g/mol. The number of imide groups is 1. The van der Waals surface area contributed by atoms with Crippen molar-refractivity contribution < 1.29 is 28.3 Å². The molecule has 60 heavy (non-hydrogen) atoms. The zero-order valence-corrected chi connectivity index (χ0v) is 33.3. The van der Waals surface area contributed by atoms with Crippen LogP contribution in [0.1, 0.15) is 83.3 Å². The van der Waals surface area contributed by atoms with Crippen LogP contribution in [0, 0.1) is 23.1 Å². The molecule has 6 heterocycles. The summed E-state index contributed by atoms with van der Waals surface area (Å²) < 4.78 is 21.8. The first-order chi connectivity index (χ1) is 29.2. The number of piperidine rings is 2. The van der Waals surface area contributed by atoms with E-state index in [1.807, 2.05) is 29.2 Å². The van der Waals surface area contributed by atoms with E-state index in [0.717, 1.165) is 88.2 Å². The SMILES string of the molecule is N#Cc1ccc(OC2CCC(NC(=O)c3ccc(N4CCC(CN5CCN(c6cc7c(cc6F)C(=O)N([C@H]6CCC(=O)NC6=O)C7)CC5)CC4)nn3)CC2)c2cccnc12. The molecule has 2 N–H and O–H groups in total. The normalized spacial score (nSPS) is 22.7. The third-order valence-corrected chi connectivity index (χ3v) is 12.8. The molecule has 3 saturated heterocycles. The monoisotopic (exact) mass is 814 g/mol. The van der Waals surface area contributed by atoms with E-state index >= 15 is 4.39 Å². The minimum Gasteiger partial charge on any atom is -0.490 e. The minimum absolute atomic E-state index is 0.00835. The maximum Gasteiger partial charge on any atom is 0.272 e. The van der Waals surface area contributed by atoms with Crippen LogP contribution in [0.25, 0.3) is 10.9 Å². The molecule has 1 atom stereocenters. The number of hydrogen-bond acceptors (Lipinski definition) is 12. The van der Waals surface area contributed by atoms with Gasteiger partial charge in [0.1, 0.15) is 23.7 Å². The number of halogens is 1. The Morgan fingerprint density at radius 3 is 2.45 bits per heavy atom. The number of fused-ring (bicyclic) bond motifs is 2. The lowest BCUT2D eigenvalue weighted by atomic mass is 9.92. The third kappa shape index (κ3) is 8.05. The summed E-state index contributed by atoms with van der Waals surface area (Å²) in [5.41, 5.74) is 2.91. The highest BCUT2D eigenvalue weighted by molar-refractivity contribution is 6.05. The molecule has 1 aliphatic carbocycles. The molecule has 0 bridgehead atoms. The highest BCUT2D eigenvalue weighted by Crippen LogP contribution is 2.34. The van der Waals surface area contributed by atoms with Crippen molar-refractivity contribution in [2.75, 3.05) is 55.6 Å². The molecular formula is C44H47FN10O5. The summed E-state index contributed by atoms with van der Waals surface area (Å²) in [5.74, 6) is 0.136. The molecule has 4 amide bonds. The molecule has 4 aromatic rings. The largest absolute Gasteiger partial charge is 0.490 e. The number of nitrogens with one attached hydrogen (secondary N) is 2. The van der Waals surface area contributed by atoms with E-state index in [1.54, 1.807) is 24.4 Å². The number of anilines is 2. The van der Waals surface area contributed by atoms with Gasteiger partial charge in [-0.15, -0.1) is 10.2 Å². The molecule has 4 aliphatic heterocycles. The second kappa shape index (κ2) is 16.8. The van der Waals surface area contributed by atoms with Gasteiger partial charge in [-0.1, -0.05) is 0 Å². The smallest absolute Gasteiger partial charge is 0.272 e. The Morgan fingerprint density at radius 1 is 0.917 bits per heavy atom. The van der Waals surface area contributed by atoms with Gasteiger partial charge in [0.2, 0.25) is 11.8 Å². The Hall–Kier alpha value is -6.21. The Morgan fingerprint density at radius 2 is 1.72 bits per heavy atom. The zero-order chi connectivity index (χ0) is 41.3.